The van der Waals surface area contributed by atoms with E-state index in [4.69, 9.17) is 16.9 Å². The molecular weight excluding hydrogens is 417 g/mol. The fraction of sp³-hybridized carbons (Fsp3) is 0.150. The Morgan fingerprint density at radius 1 is 1.24 bits per heavy atom. The molecule has 0 radical (unpaired) electrons. The van der Waals surface area contributed by atoms with Gasteiger partial charge in [-0.15, -0.1) is 0 Å². The molecule has 0 aliphatic heterocycles. The van der Waals surface area contributed by atoms with Crippen molar-refractivity contribution in [3.63, 3.8) is 0 Å². The summed E-state index contributed by atoms with van der Waals surface area (Å²) in [7, 11) is -2.70. The number of benzene rings is 2. The minimum atomic E-state index is -2.70. The summed E-state index contributed by atoms with van der Waals surface area (Å²) >= 11 is 6.35. The second-order valence-electron chi connectivity index (χ2n) is 6.27. The third-order valence-electron chi connectivity index (χ3n) is 4.29. The zero-order chi connectivity index (χ0) is 21.0. The Kier molecular flexibility index (Phi) is 6.54. The molecule has 1 N–H and O–H groups in total. The summed E-state index contributed by atoms with van der Waals surface area (Å²) in [5.41, 5.74) is 1.72. The summed E-state index contributed by atoms with van der Waals surface area (Å²) in [6.07, 6.45) is 2.15. The maximum atomic E-state index is 14.1. The van der Waals surface area contributed by atoms with Gasteiger partial charge in [0.05, 0.1) is 16.1 Å². The van der Waals surface area contributed by atoms with Crippen LogP contribution in [0.3, 0.4) is 0 Å². The number of aromatic nitrogens is 1. The second kappa shape index (κ2) is 9.09. The number of halogens is 2. The monoisotopic (exact) mass is 431 g/mol. The van der Waals surface area contributed by atoms with Gasteiger partial charge in [-0.2, -0.15) is 5.26 Å². The Bertz CT molecular complexity index is 1210. The highest BCUT2D eigenvalue weighted by molar-refractivity contribution is 7.70. The molecular formula is C20H15ClFN3O3S. The van der Waals surface area contributed by atoms with Gasteiger partial charge < -0.3 is 0 Å². The molecule has 0 unspecified atom stereocenters. The fourth-order valence-electron chi connectivity index (χ4n) is 2.93. The molecule has 3 rings (SSSR count). The average Bonchev–Trinajstić information content (AvgIpc) is 2.71. The van der Waals surface area contributed by atoms with Crippen LogP contribution in [0.2, 0.25) is 5.02 Å². The van der Waals surface area contributed by atoms with Gasteiger partial charge in [0.2, 0.25) is 10.9 Å². The zero-order valence-corrected chi connectivity index (χ0v) is 16.6. The third kappa shape index (κ3) is 4.95. The maximum absolute atomic E-state index is 14.1. The summed E-state index contributed by atoms with van der Waals surface area (Å²) < 4.78 is 37.4. The van der Waals surface area contributed by atoms with E-state index in [9.17, 15) is 17.6 Å². The van der Waals surface area contributed by atoms with E-state index >= 15 is 0 Å². The van der Waals surface area contributed by atoms with Crippen LogP contribution in [0.5, 0.6) is 0 Å². The molecule has 1 aromatic heterocycles. The molecule has 0 amide bonds. The molecule has 9 heteroatoms. The molecule has 3 aromatic rings. The zero-order valence-electron chi connectivity index (χ0n) is 15.0. The fourth-order valence-corrected chi connectivity index (χ4v) is 3.56. The first-order valence-electron chi connectivity index (χ1n) is 8.59. The smallest absolute Gasteiger partial charge is 0.201 e. The minimum Gasteiger partial charge on any atom is -0.289 e. The largest absolute Gasteiger partial charge is 0.289 e. The number of aryl methyl sites for hydroxylation is 1. The lowest BCUT2D eigenvalue weighted by Gasteiger charge is -2.10. The highest BCUT2D eigenvalue weighted by Gasteiger charge is 2.18. The quantitative estimate of drug-likeness (QED) is 0.340. The van der Waals surface area contributed by atoms with E-state index in [2.05, 4.69) is 9.71 Å². The lowest BCUT2D eigenvalue weighted by Crippen LogP contribution is -2.13. The molecule has 0 aliphatic carbocycles. The highest BCUT2D eigenvalue weighted by Crippen LogP contribution is 2.27. The predicted octanol–water partition coefficient (Wildman–Crippen LogP) is 3.18. The molecule has 2 aromatic carbocycles. The van der Waals surface area contributed by atoms with Crippen molar-refractivity contribution in [2.75, 3.05) is 6.54 Å². The van der Waals surface area contributed by atoms with Gasteiger partial charge in [-0.05, 0) is 54.8 Å². The van der Waals surface area contributed by atoms with E-state index in [1.807, 2.05) is 6.07 Å². The van der Waals surface area contributed by atoms with Gasteiger partial charge in [-0.3, -0.25) is 9.78 Å². The molecule has 0 atom stereocenters. The van der Waals surface area contributed by atoms with Crippen molar-refractivity contribution in [2.24, 2.45) is 0 Å². The average molecular weight is 432 g/mol. The number of carbonyl (C=O) groups excluding carboxylic acids is 1. The minimum absolute atomic E-state index is 0.0216. The van der Waals surface area contributed by atoms with Crippen LogP contribution in [0, 0.1) is 17.1 Å². The summed E-state index contributed by atoms with van der Waals surface area (Å²) in [5, 5.41) is 9.76. The molecule has 0 saturated carbocycles. The van der Waals surface area contributed by atoms with Crippen molar-refractivity contribution < 1.29 is 17.6 Å². The number of fused-ring (bicyclic) bond motifs is 1. The number of nitrogens with zero attached hydrogens (tertiary/aromatic N) is 2. The van der Waals surface area contributed by atoms with Crippen LogP contribution in [0.25, 0.3) is 10.9 Å². The van der Waals surface area contributed by atoms with Crippen molar-refractivity contribution in [1.29, 1.82) is 5.26 Å². The van der Waals surface area contributed by atoms with Gasteiger partial charge >= 0.3 is 0 Å². The number of thiol groups is 1. The van der Waals surface area contributed by atoms with Gasteiger partial charge in [0.1, 0.15) is 11.9 Å². The normalized spacial score (nSPS) is 11.0. The van der Waals surface area contributed by atoms with E-state index < -0.39 is 22.5 Å². The summed E-state index contributed by atoms with van der Waals surface area (Å²) in [5.74, 6) is -1.06. The first-order valence-corrected chi connectivity index (χ1v) is 10.1. The van der Waals surface area contributed by atoms with Gasteiger partial charge in [-0.25, -0.2) is 17.5 Å². The SMILES string of the molecule is N#Cc1cnc2ccc(C(=O)c3cc(F)cc(CCCN[SH](=O)=O)c3Cl)cc2c1. The Hall–Kier alpha value is -2.86. The van der Waals surface area contributed by atoms with Crippen molar-refractivity contribution >= 4 is 39.2 Å². The number of carbonyl (C=O) groups is 1. The van der Waals surface area contributed by atoms with Crippen LogP contribution in [0.15, 0.2) is 42.6 Å². The van der Waals surface area contributed by atoms with E-state index in [1.54, 1.807) is 24.3 Å². The van der Waals surface area contributed by atoms with Crippen molar-refractivity contribution in [3.05, 3.63) is 75.7 Å². The Morgan fingerprint density at radius 3 is 2.76 bits per heavy atom. The predicted molar refractivity (Wildman–Crippen MR) is 108 cm³/mol. The van der Waals surface area contributed by atoms with E-state index in [1.165, 1.54) is 12.3 Å². The number of hydrogen-bond donors (Lipinski definition) is 2. The number of rotatable bonds is 7. The number of nitriles is 1. The molecule has 6 nitrogen and oxygen atoms in total. The van der Waals surface area contributed by atoms with Crippen LogP contribution in [0.1, 0.15) is 33.5 Å². The number of pyridine rings is 1. The van der Waals surface area contributed by atoms with Gasteiger partial charge in [0.15, 0.2) is 5.78 Å². The molecule has 0 aliphatic rings. The number of nitrogens with one attached hydrogen (secondary N) is 1. The number of ketones is 1. The lowest BCUT2D eigenvalue weighted by atomic mass is 9.98. The van der Waals surface area contributed by atoms with Crippen LogP contribution >= 0.6 is 11.6 Å². The molecule has 0 fully saturated rings. The topological polar surface area (TPSA) is 99.9 Å². The molecule has 1 heterocycles. The first-order chi connectivity index (χ1) is 13.9. The Labute approximate surface area is 173 Å². The summed E-state index contributed by atoms with van der Waals surface area (Å²) in [4.78, 5) is 17.1. The molecule has 148 valence electrons. The third-order valence-corrected chi connectivity index (χ3v) is 5.22. The van der Waals surface area contributed by atoms with Crippen LogP contribution in [0.4, 0.5) is 4.39 Å². The molecule has 0 bridgehead atoms. The Morgan fingerprint density at radius 2 is 2.03 bits per heavy atom. The van der Waals surface area contributed by atoms with Gasteiger partial charge in [0, 0.05) is 29.3 Å². The lowest BCUT2D eigenvalue weighted by molar-refractivity contribution is 0.103. The molecule has 0 spiro atoms. The van der Waals surface area contributed by atoms with E-state index in [-0.39, 0.29) is 22.7 Å². The molecule has 0 saturated heterocycles. The maximum Gasteiger partial charge on any atom is 0.201 e. The van der Waals surface area contributed by atoms with Crippen LogP contribution in [-0.4, -0.2) is 25.7 Å². The van der Waals surface area contributed by atoms with Crippen LogP contribution in [-0.2, 0) is 17.3 Å². The second-order valence-corrected chi connectivity index (χ2v) is 7.48. The van der Waals surface area contributed by atoms with Crippen LogP contribution < -0.4 is 4.72 Å². The number of hydrogen-bond acceptors (Lipinski definition) is 5. The standard InChI is InChI=1S/C20H15ClFN3O3S/c21-19-13(2-1-5-25-29(27)28)8-16(22)9-17(19)20(26)14-3-4-18-15(7-14)6-12(10-23)11-24-18/h3-4,6-9,11,29H,1-2,5H2,(H,25,27,28). The summed E-state index contributed by atoms with van der Waals surface area (Å²) in [6, 6.07) is 10.7. The first kappa shape index (κ1) is 20.9. The van der Waals surface area contributed by atoms with Crippen molar-refractivity contribution in [3.8, 4) is 6.07 Å². The van der Waals surface area contributed by atoms with Gasteiger partial charge in [0.25, 0.3) is 0 Å². The molecule has 29 heavy (non-hydrogen) atoms. The van der Waals surface area contributed by atoms with Gasteiger partial charge in [-0.1, -0.05) is 11.6 Å². The Balaban J connectivity index is 1.92. The van der Waals surface area contributed by atoms with Crippen molar-refractivity contribution in [1.82, 2.24) is 9.71 Å². The van der Waals surface area contributed by atoms with E-state index in [0.29, 0.717) is 34.9 Å². The summed E-state index contributed by atoms with van der Waals surface area (Å²) in [6.45, 7) is 0.188. The van der Waals surface area contributed by atoms with E-state index in [0.717, 1.165) is 6.07 Å². The van der Waals surface area contributed by atoms with Crippen molar-refractivity contribution in [2.45, 2.75) is 12.8 Å². The highest BCUT2D eigenvalue weighted by atomic mass is 35.5.